The zero-order chi connectivity index (χ0) is 17.9. The number of fused-ring (bicyclic) bond motifs is 1. The fourth-order valence-electron chi connectivity index (χ4n) is 3.21. The summed E-state index contributed by atoms with van der Waals surface area (Å²) in [6.07, 6.45) is 8.98. The number of ether oxygens (including phenoxy) is 1. The average molecular weight is 366 g/mol. The first kappa shape index (κ1) is 16.7. The summed E-state index contributed by atoms with van der Waals surface area (Å²) in [5.41, 5.74) is 4.44. The van der Waals surface area contributed by atoms with Crippen LogP contribution in [0, 0.1) is 0 Å². The van der Waals surface area contributed by atoms with Gasteiger partial charge in [-0.15, -0.1) is 0 Å². The highest BCUT2D eigenvalue weighted by molar-refractivity contribution is 6.30. The second kappa shape index (κ2) is 7.26. The Balaban J connectivity index is 1.45. The van der Waals surface area contributed by atoms with E-state index in [4.69, 9.17) is 16.3 Å². The van der Waals surface area contributed by atoms with Crippen molar-refractivity contribution in [3.8, 4) is 5.75 Å². The maximum absolute atomic E-state index is 6.56. The molecule has 0 radical (unpaired) electrons. The second-order valence-electron chi connectivity index (χ2n) is 6.27. The van der Waals surface area contributed by atoms with Gasteiger partial charge in [0.05, 0.1) is 7.11 Å². The van der Waals surface area contributed by atoms with Crippen molar-refractivity contribution < 1.29 is 4.74 Å². The van der Waals surface area contributed by atoms with Crippen molar-refractivity contribution in [2.75, 3.05) is 20.2 Å². The van der Waals surface area contributed by atoms with Crippen LogP contribution in [0.2, 0.25) is 0 Å². The Morgan fingerprint density at radius 3 is 2.85 bits per heavy atom. The summed E-state index contributed by atoms with van der Waals surface area (Å²) in [7, 11) is 1.68. The minimum atomic E-state index is 0.772. The Kier molecular flexibility index (Phi) is 4.67. The fraction of sp³-hybridized carbons (Fsp3) is 0.190. The van der Waals surface area contributed by atoms with Crippen molar-refractivity contribution in [2.45, 2.75) is 6.42 Å². The minimum absolute atomic E-state index is 0.772. The number of nitrogens with one attached hydrogen (secondary N) is 1. The average Bonchev–Trinajstić information content (AvgIpc) is 3.11. The van der Waals surface area contributed by atoms with Gasteiger partial charge in [0.15, 0.2) is 0 Å². The van der Waals surface area contributed by atoms with Crippen LogP contribution in [0.5, 0.6) is 5.75 Å². The van der Waals surface area contributed by atoms with Crippen molar-refractivity contribution in [2.24, 2.45) is 0 Å². The third-order valence-electron chi connectivity index (χ3n) is 4.70. The minimum Gasteiger partial charge on any atom is -0.497 e. The lowest BCUT2D eigenvalue weighted by Gasteiger charge is -2.26. The smallest absolute Gasteiger partial charge is 0.137 e. The Hall–Kier alpha value is -2.72. The molecule has 0 unspecified atom stereocenters. The van der Waals surface area contributed by atoms with E-state index in [0.29, 0.717) is 0 Å². The summed E-state index contributed by atoms with van der Waals surface area (Å²) in [6.45, 7) is 1.68. The molecule has 4 rings (SSSR count). The number of hydrogen-bond donors (Lipinski definition) is 1. The molecule has 1 N–H and O–H groups in total. The molecule has 5 heteroatoms. The predicted octanol–water partition coefficient (Wildman–Crippen LogP) is 4.59. The summed E-state index contributed by atoms with van der Waals surface area (Å²) < 4.78 is 5.20. The maximum Gasteiger partial charge on any atom is 0.137 e. The van der Waals surface area contributed by atoms with Gasteiger partial charge in [0.1, 0.15) is 16.6 Å². The lowest BCUT2D eigenvalue weighted by molar-refractivity contribution is 0.403. The number of benzene rings is 1. The third kappa shape index (κ3) is 3.33. The van der Waals surface area contributed by atoms with E-state index in [1.54, 1.807) is 13.3 Å². The molecule has 3 heterocycles. The normalized spacial score (nSPS) is 14.3. The molecule has 0 saturated heterocycles. The van der Waals surface area contributed by atoms with Gasteiger partial charge in [0.2, 0.25) is 0 Å². The van der Waals surface area contributed by atoms with E-state index in [0.717, 1.165) is 52.6 Å². The van der Waals surface area contributed by atoms with Crippen LogP contribution in [0.4, 0.5) is 0 Å². The van der Waals surface area contributed by atoms with E-state index in [9.17, 15) is 0 Å². The molecule has 132 valence electrons. The van der Waals surface area contributed by atoms with Gasteiger partial charge in [-0.05, 0) is 47.9 Å². The van der Waals surface area contributed by atoms with E-state index < -0.39 is 0 Å². The summed E-state index contributed by atoms with van der Waals surface area (Å²) in [5.74, 6) is 0.880. The van der Waals surface area contributed by atoms with Crippen LogP contribution in [-0.4, -0.2) is 35.1 Å². The number of methoxy groups -OCH3 is 1. The number of pyridine rings is 1. The van der Waals surface area contributed by atoms with Gasteiger partial charge in [-0.2, -0.15) is 0 Å². The summed E-state index contributed by atoms with van der Waals surface area (Å²) in [6, 6.07) is 12.2. The van der Waals surface area contributed by atoms with Crippen LogP contribution >= 0.6 is 11.6 Å². The topological polar surface area (TPSA) is 41.1 Å². The zero-order valence-electron chi connectivity index (χ0n) is 14.6. The van der Waals surface area contributed by atoms with Crippen LogP contribution in [0.15, 0.2) is 66.1 Å². The standard InChI is InChI=1S/C21H20ClN3O/c1-26-17-6-4-15(5-7-17)8-11-25-12-9-16(13-20(25)22)19-14-24-21-18(19)3-2-10-23-21/h2-7,9-10,13-14H,8,11-12H2,1H3,(H,23,24). The molecule has 2 aromatic heterocycles. The number of nitrogens with zero attached hydrogens (tertiary/aromatic N) is 2. The molecule has 26 heavy (non-hydrogen) atoms. The highest BCUT2D eigenvalue weighted by Gasteiger charge is 2.15. The van der Waals surface area contributed by atoms with E-state index >= 15 is 0 Å². The first-order valence-corrected chi connectivity index (χ1v) is 9.00. The SMILES string of the molecule is COc1ccc(CCN2CC=C(c3c[nH]c4ncccc34)C=C2Cl)cc1. The van der Waals surface area contributed by atoms with Crippen LogP contribution < -0.4 is 4.74 Å². The molecule has 0 amide bonds. The van der Waals surface area contributed by atoms with Gasteiger partial charge < -0.3 is 14.6 Å². The lowest BCUT2D eigenvalue weighted by atomic mass is 10.0. The molecule has 0 atom stereocenters. The largest absolute Gasteiger partial charge is 0.497 e. The molecule has 0 spiro atoms. The van der Waals surface area contributed by atoms with Crippen molar-refractivity contribution in [3.05, 3.63) is 77.2 Å². The molecular formula is C21H20ClN3O. The van der Waals surface area contributed by atoms with Crippen molar-refractivity contribution in [1.29, 1.82) is 0 Å². The number of aromatic nitrogens is 2. The molecule has 1 aromatic carbocycles. The Bertz CT molecular complexity index is 972. The summed E-state index contributed by atoms with van der Waals surface area (Å²) >= 11 is 6.56. The Morgan fingerprint density at radius 2 is 2.08 bits per heavy atom. The van der Waals surface area contributed by atoms with Gasteiger partial charge >= 0.3 is 0 Å². The predicted molar refractivity (Wildman–Crippen MR) is 106 cm³/mol. The Morgan fingerprint density at radius 1 is 1.23 bits per heavy atom. The molecule has 0 fully saturated rings. The molecule has 1 aliphatic heterocycles. The first-order valence-electron chi connectivity index (χ1n) is 8.62. The highest BCUT2D eigenvalue weighted by Crippen LogP contribution is 2.30. The molecule has 4 nitrogen and oxygen atoms in total. The van der Waals surface area contributed by atoms with Gasteiger partial charge in [-0.3, -0.25) is 0 Å². The number of rotatable bonds is 5. The van der Waals surface area contributed by atoms with Crippen molar-refractivity contribution in [1.82, 2.24) is 14.9 Å². The lowest BCUT2D eigenvalue weighted by Crippen LogP contribution is -2.25. The fourth-order valence-corrected chi connectivity index (χ4v) is 3.48. The molecule has 0 aliphatic carbocycles. The van der Waals surface area contributed by atoms with Crippen LogP contribution in [0.3, 0.4) is 0 Å². The monoisotopic (exact) mass is 365 g/mol. The van der Waals surface area contributed by atoms with E-state index in [-0.39, 0.29) is 0 Å². The van der Waals surface area contributed by atoms with Crippen LogP contribution in [0.1, 0.15) is 11.1 Å². The van der Waals surface area contributed by atoms with Crippen molar-refractivity contribution >= 4 is 28.2 Å². The van der Waals surface area contributed by atoms with Gasteiger partial charge in [-0.1, -0.05) is 29.8 Å². The van der Waals surface area contributed by atoms with E-state index in [1.807, 2.05) is 30.5 Å². The number of aromatic amines is 1. The zero-order valence-corrected chi connectivity index (χ0v) is 15.3. The number of hydrogen-bond acceptors (Lipinski definition) is 3. The first-order chi connectivity index (χ1) is 12.7. The number of allylic oxidation sites excluding steroid dienone is 2. The molecule has 3 aromatic rings. The van der Waals surface area contributed by atoms with Gasteiger partial charge in [0.25, 0.3) is 0 Å². The molecule has 0 saturated carbocycles. The highest BCUT2D eigenvalue weighted by atomic mass is 35.5. The number of halogens is 1. The summed E-state index contributed by atoms with van der Waals surface area (Å²) in [4.78, 5) is 9.75. The third-order valence-corrected chi connectivity index (χ3v) is 5.05. The van der Waals surface area contributed by atoms with Crippen LogP contribution in [0.25, 0.3) is 16.6 Å². The molecule has 0 bridgehead atoms. The van der Waals surface area contributed by atoms with E-state index in [1.165, 1.54) is 5.56 Å². The Labute approximate surface area is 157 Å². The maximum atomic E-state index is 6.56. The second-order valence-corrected chi connectivity index (χ2v) is 6.66. The van der Waals surface area contributed by atoms with Crippen LogP contribution in [-0.2, 0) is 6.42 Å². The van der Waals surface area contributed by atoms with Gasteiger partial charge in [0, 0.05) is 36.4 Å². The summed E-state index contributed by atoms with van der Waals surface area (Å²) in [5, 5.41) is 1.89. The van der Waals surface area contributed by atoms with Gasteiger partial charge in [-0.25, -0.2) is 4.98 Å². The van der Waals surface area contributed by atoms with E-state index in [2.05, 4.69) is 39.1 Å². The number of H-pyrrole nitrogens is 1. The molecular weight excluding hydrogens is 346 g/mol. The molecule has 1 aliphatic rings. The quantitative estimate of drug-likeness (QED) is 0.672. The van der Waals surface area contributed by atoms with Crippen molar-refractivity contribution in [3.63, 3.8) is 0 Å².